The number of rotatable bonds is 9. The van der Waals surface area contributed by atoms with E-state index in [1.807, 2.05) is 6.92 Å². The van der Waals surface area contributed by atoms with E-state index >= 15 is 0 Å². The zero-order chi connectivity index (χ0) is 20.8. The van der Waals surface area contributed by atoms with Crippen LogP contribution >= 0.6 is 0 Å². The smallest absolute Gasteiger partial charge is 0.110 e. The van der Waals surface area contributed by atoms with Gasteiger partial charge in [-0.25, -0.2) is 0 Å². The first kappa shape index (κ1) is 23.9. The van der Waals surface area contributed by atoms with Gasteiger partial charge in [0, 0.05) is 18.9 Å². The Bertz CT molecular complexity index is 448. The van der Waals surface area contributed by atoms with Gasteiger partial charge in [-0.15, -0.1) is 0 Å². The lowest BCUT2D eigenvalue weighted by Gasteiger charge is -2.43. The lowest BCUT2D eigenvalue weighted by atomic mass is 9.85. The van der Waals surface area contributed by atoms with E-state index in [1.54, 1.807) is 0 Å². The van der Waals surface area contributed by atoms with Crippen LogP contribution in [-0.2, 0) is 18.9 Å². The summed E-state index contributed by atoms with van der Waals surface area (Å²) in [6, 6.07) is 0. The summed E-state index contributed by atoms with van der Waals surface area (Å²) in [4.78, 5) is 0. The predicted molar refractivity (Wildman–Crippen MR) is 95.5 cm³/mol. The lowest BCUT2D eigenvalue weighted by Crippen LogP contribution is -2.58. The standard InChI is InChI=1S/C18H34O10/c1-3-9-11(4-19)27-14(18(24)15(9)21)8-26-6-10-12(5-20)28-13(7-25-2)17(23)16(10)22/h9-24H,3-8H2,1-2H3/t9-,10-,11?,12?,13-,14-,15+,16+,17?,18?/m1/s1. The van der Waals surface area contributed by atoms with Gasteiger partial charge in [-0.3, -0.25) is 0 Å². The van der Waals surface area contributed by atoms with Crippen molar-refractivity contribution in [2.75, 3.05) is 40.1 Å². The van der Waals surface area contributed by atoms with E-state index in [-0.39, 0.29) is 39.0 Å². The fraction of sp³-hybridized carbons (Fsp3) is 1.00. The molecule has 2 rings (SSSR count). The third-order valence-corrected chi connectivity index (χ3v) is 5.75. The first-order valence-electron chi connectivity index (χ1n) is 9.71. The number of hydrogen-bond donors (Lipinski definition) is 6. The van der Waals surface area contributed by atoms with Crippen LogP contribution < -0.4 is 0 Å². The Morgan fingerprint density at radius 3 is 1.68 bits per heavy atom. The summed E-state index contributed by atoms with van der Waals surface area (Å²) in [6.45, 7) is 1.10. The number of aliphatic hydroxyl groups excluding tert-OH is 6. The Hall–Kier alpha value is -0.400. The molecule has 2 fully saturated rings. The van der Waals surface area contributed by atoms with Crippen LogP contribution in [0.5, 0.6) is 0 Å². The van der Waals surface area contributed by atoms with E-state index in [9.17, 15) is 30.6 Å². The van der Waals surface area contributed by atoms with E-state index in [0.29, 0.717) is 6.42 Å². The van der Waals surface area contributed by atoms with Crippen molar-refractivity contribution in [2.45, 2.75) is 62.2 Å². The van der Waals surface area contributed by atoms with Crippen LogP contribution in [0.2, 0.25) is 0 Å². The average molecular weight is 410 g/mol. The molecule has 10 atom stereocenters. The Kier molecular flexibility index (Phi) is 9.48. The maximum atomic E-state index is 10.4. The lowest BCUT2D eigenvalue weighted by molar-refractivity contribution is -0.239. The Balaban J connectivity index is 1.92. The molecule has 10 nitrogen and oxygen atoms in total. The number of hydrogen-bond acceptors (Lipinski definition) is 10. The molecule has 0 saturated carbocycles. The van der Waals surface area contributed by atoms with Crippen LogP contribution in [0.15, 0.2) is 0 Å². The molecule has 2 saturated heterocycles. The van der Waals surface area contributed by atoms with Crippen molar-refractivity contribution >= 4 is 0 Å². The topological polar surface area (TPSA) is 158 Å². The summed E-state index contributed by atoms with van der Waals surface area (Å²) >= 11 is 0. The van der Waals surface area contributed by atoms with Crippen LogP contribution in [0.25, 0.3) is 0 Å². The zero-order valence-corrected chi connectivity index (χ0v) is 16.3. The average Bonchev–Trinajstić information content (AvgIpc) is 2.70. The second-order valence-corrected chi connectivity index (χ2v) is 7.48. The van der Waals surface area contributed by atoms with Gasteiger partial charge in [-0.2, -0.15) is 0 Å². The maximum Gasteiger partial charge on any atom is 0.110 e. The summed E-state index contributed by atoms with van der Waals surface area (Å²) in [5, 5.41) is 60.1. The van der Waals surface area contributed by atoms with Crippen molar-refractivity contribution in [1.82, 2.24) is 0 Å². The van der Waals surface area contributed by atoms with Gasteiger partial charge in [-0.05, 0) is 6.42 Å². The number of aliphatic hydroxyl groups is 6. The van der Waals surface area contributed by atoms with Crippen LogP contribution in [0.4, 0.5) is 0 Å². The first-order valence-corrected chi connectivity index (χ1v) is 9.71. The molecule has 6 N–H and O–H groups in total. The highest BCUT2D eigenvalue weighted by Gasteiger charge is 2.45. The Morgan fingerprint density at radius 2 is 1.18 bits per heavy atom. The van der Waals surface area contributed by atoms with Crippen LogP contribution in [0, 0.1) is 11.8 Å². The van der Waals surface area contributed by atoms with Gasteiger partial charge in [0.1, 0.15) is 24.4 Å². The second-order valence-electron chi connectivity index (χ2n) is 7.48. The van der Waals surface area contributed by atoms with Crippen LogP contribution in [-0.4, -0.2) is 120 Å². The van der Waals surface area contributed by atoms with Gasteiger partial charge in [0.15, 0.2) is 0 Å². The van der Waals surface area contributed by atoms with Gasteiger partial charge in [0.05, 0.1) is 57.5 Å². The molecule has 0 amide bonds. The predicted octanol–water partition coefficient (Wildman–Crippen LogP) is -2.75. The number of ether oxygens (including phenoxy) is 4. The van der Waals surface area contributed by atoms with E-state index in [0.717, 1.165) is 0 Å². The summed E-state index contributed by atoms with van der Waals surface area (Å²) in [5.41, 5.74) is 0. The molecule has 2 aliphatic rings. The molecule has 166 valence electrons. The molecule has 0 aliphatic carbocycles. The van der Waals surface area contributed by atoms with Crippen molar-refractivity contribution in [3.05, 3.63) is 0 Å². The largest absolute Gasteiger partial charge is 0.394 e. The summed E-state index contributed by atoms with van der Waals surface area (Å²) < 4.78 is 21.8. The van der Waals surface area contributed by atoms with Gasteiger partial charge in [0.25, 0.3) is 0 Å². The number of methoxy groups -OCH3 is 1. The van der Waals surface area contributed by atoms with E-state index < -0.39 is 54.7 Å². The maximum absolute atomic E-state index is 10.4. The van der Waals surface area contributed by atoms with Crippen molar-refractivity contribution in [1.29, 1.82) is 0 Å². The summed E-state index contributed by atoms with van der Waals surface area (Å²) in [6.07, 6.45) is -7.04. The highest BCUT2D eigenvalue weighted by atomic mass is 16.6. The van der Waals surface area contributed by atoms with Gasteiger partial charge < -0.3 is 49.6 Å². The van der Waals surface area contributed by atoms with Crippen LogP contribution in [0.3, 0.4) is 0 Å². The Labute approximate surface area is 164 Å². The molecular weight excluding hydrogens is 376 g/mol. The highest BCUT2D eigenvalue weighted by molar-refractivity contribution is 4.93. The molecule has 0 spiro atoms. The van der Waals surface area contributed by atoms with Gasteiger partial charge in [0.2, 0.25) is 0 Å². The molecule has 28 heavy (non-hydrogen) atoms. The molecule has 0 aromatic carbocycles. The quantitative estimate of drug-likeness (QED) is 0.235. The highest BCUT2D eigenvalue weighted by Crippen LogP contribution is 2.30. The van der Waals surface area contributed by atoms with E-state index in [2.05, 4.69) is 0 Å². The molecule has 0 bridgehead atoms. The fourth-order valence-corrected chi connectivity index (χ4v) is 4.03. The third-order valence-electron chi connectivity index (χ3n) is 5.75. The first-order chi connectivity index (χ1) is 13.4. The van der Waals surface area contributed by atoms with Gasteiger partial charge >= 0.3 is 0 Å². The van der Waals surface area contributed by atoms with Crippen molar-refractivity contribution in [2.24, 2.45) is 11.8 Å². The Morgan fingerprint density at radius 1 is 0.679 bits per heavy atom. The molecular formula is C18H34O10. The molecule has 0 radical (unpaired) electrons. The third kappa shape index (κ3) is 5.20. The summed E-state index contributed by atoms with van der Waals surface area (Å²) in [7, 11) is 1.44. The second kappa shape index (κ2) is 11.1. The monoisotopic (exact) mass is 410 g/mol. The minimum absolute atomic E-state index is 0.0627. The van der Waals surface area contributed by atoms with Crippen molar-refractivity contribution in [3.63, 3.8) is 0 Å². The fourth-order valence-electron chi connectivity index (χ4n) is 4.03. The normalized spacial score (nSPS) is 44.6. The zero-order valence-electron chi connectivity index (χ0n) is 16.3. The molecule has 4 unspecified atom stereocenters. The molecule has 0 aromatic rings. The molecule has 2 heterocycles. The van der Waals surface area contributed by atoms with Gasteiger partial charge in [-0.1, -0.05) is 6.92 Å². The van der Waals surface area contributed by atoms with E-state index in [1.165, 1.54) is 7.11 Å². The van der Waals surface area contributed by atoms with E-state index in [4.69, 9.17) is 18.9 Å². The molecule has 2 aliphatic heterocycles. The minimum Gasteiger partial charge on any atom is -0.394 e. The van der Waals surface area contributed by atoms with Crippen molar-refractivity contribution < 1.29 is 49.6 Å². The summed E-state index contributed by atoms with van der Waals surface area (Å²) in [5.74, 6) is -1.08. The van der Waals surface area contributed by atoms with Crippen LogP contribution in [0.1, 0.15) is 13.3 Å². The SMILES string of the molecule is CC[C@@H]1C(CO)O[C@H](COC[C@@H]2C(CO)O[C@H](COC)C(O)[C@H]2O)C(O)[C@H]1O. The molecule has 10 heteroatoms. The molecule has 0 aromatic heterocycles. The minimum atomic E-state index is -1.20. The van der Waals surface area contributed by atoms with Crippen molar-refractivity contribution in [3.8, 4) is 0 Å².